The van der Waals surface area contributed by atoms with Gasteiger partial charge in [0.2, 0.25) is 0 Å². The van der Waals surface area contributed by atoms with Crippen molar-refractivity contribution < 1.29 is 9.59 Å². The monoisotopic (exact) mass is 448 g/mol. The predicted octanol–water partition coefficient (Wildman–Crippen LogP) is 4.55. The molecule has 7 heteroatoms. The molecule has 0 radical (unpaired) electrons. The second kappa shape index (κ2) is 9.83. The van der Waals surface area contributed by atoms with Crippen molar-refractivity contribution in [3.05, 3.63) is 88.7 Å². The van der Waals surface area contributed by atoms with Gasteiger partial charge in [0, 0.05) is 54.0 Å². The van der Waals surface area contributed by atoms with Crippen LogP contribution >= 0.6 is 11.6 Å². The Morgan fingerprint density at radius 1 is 1.09 bits per heavy atom. The first-order chi connectivity index (χ1) is 15.5. The standard InChI is InChI=1S/C25H25ClN4O2/c1-17-7-8-21(26)13-23(17)30-11-9-18(16-30)14-28-24(31)19-4-2-6-22(12-19)29-25(32)20-5-3-10-27-15-20/h2-8,10,12-13,15,18H,9,11,14,16H2,1H3,(H,28,31)(H,29,32). The van der Waals surface area contributed by atoms with Gasteiger partial charge in [-0.3, -0.25) is 14.6 Å². The van der Waals surface area contributed by atoms with Gasteiger partial charge in [-0.05, 0) is 67.3 Å². The maximum Gasteiger partial charge on any atom is 0.257 e. The fourth-order valence-corrected chi connectivity index (χ4v) is 4.09. The van der Waals surface area contributed by atoms with E-state index in [0.717, 1.165) is 30.2 Å². The quantitative estimate of drug-likeness (QED) is 0.580. The minimum atomic E-state index is -0.266. The molecule has 1 aromatic heterocycles. The van der Waals surface area contributed by atoms with Gasteiger partial charge in [0.1, 0.15) is 0 Å². The van der Waals surface area contributed by atoms with Crippen LogP contribution in [0.15, 0.2) is 67.0 Å². The fraction of sp³-hybridized carbons (Fsp3) is 0.240. The highest BCUT2D eigenvalue weighted by atomic mass is 35.5. The molecule has 0 saturated carbocycles. The Kier molecular flexibility index (Phi) is 6.71. The van der Waals surface area contributed by atoms with Crippen molar-refractivity contribution in [2.24, 2.45) is 5.92 Å². The highest BCUT2D eigenvalue weighted by molar-refractivity contribution is 6.30. The maximum absolute atomic E-state index is 12.7. The van der Waals surface area contributed by atoms with E-state index in [9.17, 15) is 9.59 Å². The summed E-state index contributed by atoms with van der Waals surface area (Å²) in [6.07, 6.45) is 4.12. The van der Waals surface area contributed by atoms with Crippen molar-refractivity contribution in [2.45, 2.75) is 13.3 Å². The van der Waals surface area contributed by atoms with Crippen molar-refractivity contribution >= 4 is 34.8 Å². The van der Waals surface area contributed by atoms with Gasteiger partial charge in [0.05, 0.1) is 5.56 Å². The molecule has 6 nitrogen and oxygen atoms in total. The molecule has 0 spiro atoms. The van der Waals surface area contributed by atoms with Crippen molar-refractivity contribution in [2.75, 3.05) is 29.9 Å². The number of aryl methyl sites for hydroxylation is 1. The predicted molar refractivity (Wildman–Crippen MR) is 127 cm³/mol. The average Bonchev–Trinajstić information content (AvgIpc) is 3.28. The topological polar surface area (TPSA) is 74.3 Å². The van der Waals surface area contributed by atoms with E-state index >= 15 is 0 Å². The number of pyridine rings is 1. The summed E-state index contributed by atoms with van der Waals surface area (Å²) in [6, 6.07) is 16.3. The third-order valence-corrected chi connectivity index (χ3v) is 5.89. The highest BCUT2D eigenvalue weighted by Gasteiger charge is 2.24. The number of hydrogen-bond acceptors (Lipinski definition) is 4. The lowest BCUT2D eigenvalue weighted by Gasteiger charge is -2.21. The average molecular weight is 449 g/mol. The number of anilines is 2. The van der Waals surface area contributed by atoms with Crippen molar-refractivity contribution in [3.8, 4) is 0 Å². The van der Waals surface area contributed by atoms with Crippen molar-refractivity contribution in [1.29, 1.82) is 0 Å². The zero-order chi connectivity index (χ0) is 22.5. The second-order valence-corrected chi connectivity index (χ2v) is 8.45. The number of benzene rings is 2. The lowest BCUT2D eigenvalue weighted by molar-refractivity contribution is 0.0947. The molecule has 1 aliphatic heterocycles. The minimum absolute atomic E-state index is 0.153. The summed E-state index contributed by atoms with van der Waals surface area (Å²) in [5.74, 6) is -0.0522. The van der Waals surface area contributed by atoms with Crippen LogP contribution in [-0.2, 0) is 0 Å². The molecule has 2 N–H and O–H groups in total. The first kappa shape index (κ1) is 21.8. The summed E-state index contributed by atoms with van der Waals surface area (Å²) in [7, 11) is 0. The number of halogens is 1. The van der Waals surface area contributed by atoms with Crippen LogP contribution in [0, 0.1) is 12.8 Å². The zero-order valence-electron chi connectivity index (χ0n) is 17.8. The van der Waals surface area contributed by atoms with Crippen LogP contribution in [0.4, 0.5) is 11.4 Å². The van der Waals surface area contributed by atoms with Crippen LogP contribution < -0.4 is 15.5 Å². The molecule has 1 atom stereocenters. The van der Waals surface area contributed by atoms with E-state index < -0.39 is 0 Å². The van der Waals surface area contributed by atoms with Gasteiger partial charge < -0.3 is 15.5 Å². The number of aromatic nitrogens is 1. The Balaban J connectivity index is 1.32. The largest absolute Gasteiger partial charge is 0.371 e. The van der Waals surface area contributed by atoms with Gasteiger partial charge in [0.25, 0.3) is 11.8 Å². The normalized spacial score (nSPS) is 15.4. The van der Waals surface area contributed by atoms with Gasteiger partial charge in [0.15, 0.2) is 0 Å². The molecule has 3 aromatic rings. The highest BCUT2D eigenvalue weighted by Crippen LogP contribution is 2.29. The van der Waals surface area contributed by atoms with Gasteiger partial charge in [-0.25, -0.2) is 0 Å². The fourth-order valence-electron chi connectivity index (χ4n) is 3.92. The van der Waals surface area contributed by atoms with E-state index in [1.807, 2.05) is 18.2 Å². The van der Waals surface area contributed by atoms with E-state index in [1.54, 1.807) is 42.6 Å². The zero-order valence-corrected chi connectivity index (χ0v) is 18.6. The SMILES string of the molecule is Cc1ccc(Cl)cc1N1CCC(CNC(=O)c2cccc(NC(=O)c3cccnc3)c2)C1. The smallest absolute Gasteiger partial charge is 0.257 e. The molecule has 1 saturated heterocycles. The van der Waals surface area contributed by atoms with Crippen LogP contribution in [0.1, 0.15) is 32.7 Å². The van der Waals surface area contributed by atoms with Crippen LogP contribution in [0.3, 0.4) is 0 Å². The van der Waals surface area contributed by atoms with Crippen LogP contribution in [0.2, 0.25) is 5.02 Å². The number of nitrogens with one attached hydrogen (secondary N) is 2. The van der Waals surface area contributed by atoms with Gasteiger partial charge in [-0.1, -0.05) is 23.7 Å². The number of carbonyl (C=O) groups is 2. The van der Waals surface area contributed by atoms with E-state index in [-0.39, 0.29) is 11.8 Å². The summed E-state index contributed by atoms with van der Waals surface area (Å²) in [6.45, 7) is 4.50. The molecule has 0 aliphatic carbocycles. The third kappa shape index (κ3) is 5.26. The maximum atomic E-state index is 12.7. The molecular weight excluding hydrogens is 424 g/mol. The van der Waals surface area contributed by atoms with Crippen LogP contribution in [0.25, 0.3) is 0 Å². The van der Waals surface area contributed by atoms with Gasteiger partial charge >= 0.3 is 0 Å². The summed E-state index contributed by atoms with van der Waals surface area (Å²) in [5.41, 5.74) is 3.89. The van der Waals surface area contributed by atoms with Crippen molar-refractivity contribution in [3.63, 3.8) is 0 Å². The van der Waals surface area contributed by atoms with E-state index in [1.165, 1.54) is 11.8 Å². The molecule has 32 heavy (non-hydrogen) atoms. The first-order valence-electron chi connectivity index (χ1n) is 10.6. The number of carbonyl (C=O) groups excluding carboxylic acids is 2. The number of amides is 2. The minimum Gasteiger partial charge on any atom is -0.371 e. The summed E-state index contributed by atoms with van der Waals surface area (Å²) in [4.78, 5) is 31.3. The molecule has 2 aromatic carbocycles. The first-order valence-corrected chi connectivity index (χ1v) is 11.0. The third-order valence-electron chi connectivity index (χ3n) is 5.66. The van der Waals surface area contributed by atoms with Gasteiger partial charge in [-0.15, -0.1) is 0 Å². The van der Waals surface area contributed by atoms with E-state index in [2.05, 4.69) is 27.4 Å². The van der Waals surface area contributed by atoms with Gasteiger partial charge in [-0.2, -0.15) is 0 Å². The molecule has 1 aliphatic rings. The van der Waals surface area contributed by atoms with Crippen molar-refractivity contribution in [1.82, 2.24) is 10.3 Å². The Morgan fingerprint density at radius 2 is 1.94 bits per heavy atom. The number of nitrogens with zero attached hydrogens (tertiary/aromatic N) is 2. The number of rotatable bonds is 6. The molecule has 2 heterocycles. The molecule has 0 bridgehead atoms. The lowest BCUT2D eigenvalue weighted by atomic mass is 10.1. The Hall–Kier alpha value is -3.38. The summed E-state index contributed by atoms with van der Waals surface area (Å²) >= 11 is 6.17. The van der Waals surface area contributed by atoms with E-state index in [4.69, 9.17) is 11.6 Å². The summed E-state index contributed by atoms with van der Waals surface area (Å²) in [5, 5.41) is 6.58. The Morgan fingerprint density at radius 3 is 2.75 bits per heavy atom. The Labute approximate surface area is 192 Å². The van der Waals surface area contributed by atoms with Crippen LogP contribution in [-0.4, -0.2) is 36.4 Å². The molecule has 2 amide bonds. The molecule has 164 valence electrons. The summed E-state index contributed by atoms with van der Waals surface area (Å²) < 4.78 is 0. The number of hydrogen-bond donors (Lipinski definition) is 2. The molecule has 4 rings (SSSR count). The second-order valence-electron chi connectivity index (χ2n) is 8.02. The molecule has 1 fully saturated rings. The lowest BCUT2D eigenvalue weighted by Crippen LogP contribution is -2.31. The van der Waals surface area contributed by atoms with E-state index in [0.29, 0.717) is 29.3 Å². The molecule has 1 unspecified atom stereocenters. The Bertz CT molecular complexity index is 1120. The van der Waals surface area contributed by atoms with Crippen LogP contribution in [0.5, 0.6) is 0 Å². The molecular formula is C25H25ClN4O2.